The highest BCUT2D eigenvalue weighted by Crippen LogP contribution is 2.25. The van der Waals surface area contributed by atoms with Crippen LogP contribution >= 0.6 is 0 Å². The molecule has 3 rings (SSSR count). The summed E-state index contributed by atoms with van der Waals surface area (Å²) in [5, 5.41) is 9.06. The van der Waals surface area contributed by atoms with Crippen molar-refractivity contribution in [3.63, 3.8) is 0 Å². The number of nitrogen functional groups attached to an aromatic ring is 1. The Morgan fingerprint density at radius 3 is 2.91 bits per heavy atom. The molecular weight excluding hydrogens is 276 g/mol. The van der Waals surface area contributed by atoms with E-state index in [0.717, 1.165) is 36.7 Å². The fourth-order valence-corrected chi connectivity index (χ4v) is 3.24. The van der Waals surface area contributed by atoms with Crippen molar-refractivity contribution in [2.24, 2.45) is 0 Å². The SMILES string of the molecule is CC[C@H]1CCCCCN1C(=O)c1nnc2ccccc2c1N. The average Bonchev–Trinajstić information content (AvgIpc) is 2.80. The van der Waals surface area contributed by atoms with Crippen LogP contribution in [0.1, 0.15) is 49.5 Å². The molecule has 1 fully saturated rings. The molecule has 1 saturated heterocycles. The van der Waals surface area contributed by atoms with Gasteiger partial charge in [-0.25, -0.2) is 0 Å². The number of anilines is 1. The van der Waals surface area contributed by atoms with Crippen molar-refractivity contribution >= 4 is 22.5 Å². The largest absolute Gasteiger partial charge is 0.396 e. The third-order valence-corrected chi connectivity index (χ3v) is 4.52. The Morgan fingerprint density at radius 1 is 1.27 bits per heavy atom. The van der Waals surface area contributed by atoms with Crippen LogP contribution in [-0.2, 0) is 0 Å². The van der Waals surface area contributed by atoms with Crippen molar-refractivity contribution in [1.29, 1.82) is 0 Å². The van der Waals surface area contributed by atoms with E-state index >= 15 is 0 Å². The minimum Gasteiger partial charge on any atom is -0.396 e. The summed E-state index contributed by atoms with van der Waals surface area (Å²) >= 11 is 0. The molecule has 1 aromatic carbocycles. The predicted molar refractivity (Wildman–Crippen MR) is 87.5 cm³/mol. The average molecular weight is 298 g/mol. The first-order chi connectivity index (χ1) is 10.7. The van der Waals surface area contributed by atoms with Gasteiger partial charge in [0, 0.05) is 18.0 Å². The van der Waals surface area contributed by atoms with Crippen molar-refractivity contribution in [2.45, 2.75) is 45.1 Å². The number of carbonyl (C=O) groups excluding carboxylic acids is 1. The van der Waals surface area contributed by atoms with Crippen LogP contribution in [0.3, 0.4) is 0 Å². The van der Waals surface area contributed by atoms with Crippen molar-refractivity contribution in [1.82, 2.24) is 15.1 Å². The van der Waals surface area contributed by atoms with E-state index in [1.807, 2.05) is 29.2 Å². The lowest BCUT2D eigenvalue weighted by Gasteiger charge is -2.29. The van der Waals surface area contributed by atoms with E-state index in [2.05, 4.69) is 17.1 Å². The van der Waals surface area contributed by atoms with Crippen LogP contribution in [0.4, 0.5) is 5.69 Å². The number of nitrogens with two attached hydrogens (primary N) is 1. The Morgan fingerprint density at radius 2 is 2.09 bits per heavy atom. The summed E-state index contributed by atoms with van der Waals surface area (Å²) in [5.74, 6) is -0.0792. The molecule has 1 aromatic heterocycles. The molecule has 5 heteroatoms. The zero-order chi connectivity index (χ0) is 15.5. The molecule has 1 aliphatic rings. The van der Waals surface area contributed by atoms with Gasteiger partial charge in [-0.1, -0.05) is 38.0 Å². The van der Waals surface area contributed by atoms with Crippen LogP contribution in [0.25, 0.3) is 10.9 Å². The van der Waals surface area contributed by atoms with Gasteiger partial charge in [-0.3, -0.25) is 4.79 Å². The standard InChI is InChI=1S/C17H22N4O/c1-2-12-8-4-3-7-11-21(12)17(22)16-15(18)13-9-5-6-10-14(13)19-20-16/h5-6,9-10,12H,2-4,7-8,11H2,1H3,(H2,18,19)/t12-/m0/s1. The Kier molecular flexibility index (Phi) is 4.22. The van der Waals surface area contributed by atoms with Crippen LogP contribution in [0, 0.1) is 0 Å². The maximum absolute atomic E-state index is 12.9. The molecule has 1 amide bonds. The third-order valence-electron chi connectivity index (χ3n) is 4.52. The van der Waals surface area contributed by atoms with Crippen LogP contribution < -0.4 is 5.73 Å². The number of nitrogens with zero attached hydrogens (tertiary/aromatic N) is 3. The molecule has 0 aliphatic carbocycles. The van der Waals surface area contributed by atoms with Gasteiger partial charge in [0.1, 0.15) is 0 Å². The van der Waals surface area contributed by atoms with Gasteiger partial charge in [0.25, 0.3) is 5.91 Å². The number of fused-ring (bicyclic) bond motifs is 1. The van der Waals surface area contributed by atoms with Crippen LogP contribution in [-0.4, -0.2) is 33.6 Å². The molecule has 5 nitrogen and oxygen atoms in total. The van der Waals surface area contributed by atoms with E-state index in [1.54, 1.807) is 0 Å². The van der Waals surface area contributed by atoms with E-state index < -0.39 is 0 Å². The number of aromatic nitrogens is 2. The highest BCUT2D eigenvalue weighted by molar-refractivity contribution is 6.04. The Bertz CT molecular complexity index is 685. The molecule has 22 heavy (non-hydrogen) atoms. The highest BCUT2D eigenvalue weighted by Gasteiger charge is 2.28. The first-order valence-corrected chi connectivity index (χ1v) is 8.04. The number of hydrogen-bond donors (Lipinski definition) is 1. The second kappa shape index (κ2) is 6.30. The Labute approximate surface area is 130 Å². The van der Waals surface area contributed by atoms with Crippen LogP contribution in [0.5, 0.6) is 0 Å². The minimum absolute atomic E-state index is 0.0792. The van der Waals surface area contributed by atoms with Gasteiger partial charge in [0.15, 0.2) is 5.69 Å². The molecule has 1 aliphatic heterocycles. The molecule has 0 saturated carbocycles. The smallest absolute Gasteiger partial charge is 0.276 e. The number of benzene rings is 1. The summed E-state index contributed by atoms with van der Waals surface area (Å²) in [6.45, 7) is 2.91. The minimum atomic E-state index is -0.0792. The Balaban J connectivity index is 1.98. The maximum Gasteiger partial charge on any atom is 0.276 e. The molecule has 2 heterocycles. The van der Waals surface area contributed by atoms with Crippen LogP contribution in [0.15, 0.2) is 24.3 Å². The number of carbonyl (C=O) groups is 1. The zero-order valence-electron chi connectivity index (χ0n) is 13.0. The topological polar surface area (TPSA) is 72.1 Å². The first-order valence-electron chi connectivity index (χ1n) is 8.04. The van der Waals surface area contributed by atoms with Gasteiger partial charge in [-0.2, -0.15) is 0 Å². The Hall–Kier alpha value is -2.17. The second-order valence-electron chi connectivity index (χ2n) is 5.89. The van der Waals surface area contributed by atoms with Crippen molar-refractivity contribution in [3.05, 3.63) is 30.0 Å². The molecule has 116 valence electrons. The van der Waals surface area contributed by atoms with Gasteiger partial charge in [0.05, 0.1) is 11.2 Å². The summed E-state index contributed by atoms with van der Waals surface area (Å²) < 4.78 is 0. The van der Waals surface area contributed by atoms with E-state index in [0.29, 0.717) is 11.4 Å². The lowest BCUT2D eigenvalue weighted by molar-refractivity contribution is 0.0672. The van der Waals surface area contributed by atoms with Gasteiger partial charge in [-0.05, 0) is 25.3 Å². The summed E-state index contributed by atoms with van der Waals surface area (Å²) in [6, 6.07) is 7.81. The van der Waals surface area contributed by atoms with E-state index in [4.69, 9.17) is 5.73 Å². The molecule has 0 unspecified atom stereocenters. The summed E-state index contributed by atoms with van der Waals surface area (Å²) in [4.78, 5) is 14.9. The summed E-state index contributed by atoms with van der Waals surface area (Å²) in [5.41, 5.74) is 7.65. The fraction of sp³-hybridized carbons (Fsp3) is 0.471. The molecule has 0 spiro atoms. The van der Waals surface area contributed by atoms with Crippen molar-refractivity contribution in [3.8, 4) is 0 Å². The van der Waals surface area contributed by atoms with Gasteiger partial charge in [-0.15, -0.1) is 10.2 Å². The fourth-order valence-electron chi connectivity index (χ4n) is 3.24. The number of amides is 1. The van der Waals surface area contributed by atoms with E-state index in [9.17, 15) is 4.79 Å². The van der Waals surface area contributed by atoms with E-state index in [-0.39, 0.29) is 11.9 Å². The molecular formula is C17H22N4O. The van der Waals surface area contributed by atoms with Crippen LogP contribution in [0.2, 0.25) is 0 Å². The lowest BCUT2D eigenvalue weighted by atomic mass is 10.1. The predicted octanol–water partition coefficient (Wildman–Crippen LogP) is 3.01. The number of hydrogen-bond acceptors (Lipinski definition) is 4. The quantitative estimate of drug-likeness (QED) is 0.925. The third kappa shape index (κ3) is 2.63. The normalized spacial score (nSPS) is 19.1. The summed E-state index contributed by atoms with van der Waals surface area (Å²) in [6.07, 6.45) is 5.43. The lowest BCUT2D eigenvalue weighted by Crippen LogP contribution is -2.40. The first kappa shape index (κ1) is 14.8. The van der Waals surface area contributed by atoms with Gasteiger partial charge >= 0.3 is 0 Å². The second-order valence-corrected chi connectivity index (χ2v) is 5.89. The highest BCUT2D eigenvalue weighted by atomic mass is 16.2. The monoisotopic (exact) mass is 298 g/mol. The van der Waals surface area contributed by atoms with Gasteiger partial charge < -0.3 is 10.6 Å². The van der Waals surface area contributed by atoms with Crippen molar-refractivity contribution in [2.75, 3.05) is 12.3 Å². The van der Waals surface area contributed by atoms with Crippen molar-refractivity contribution < 1.29 is 4.79 Å². The van der Waals surface area contributed by atoms with E-state index in [1.165, 1.54) is 12.8 Å². The summed E-state index contributed by atoms with van der Waals surface area (Å²) in [7, 11) is 0. The maximum atomic E-state index is 12.9. The zero-order valence-corrected chi connectivity index (χ0v) is 13.0. The number of likely N-dealkylation sites (tertiary alicyclic amines) is 1. The molecule has 0 bridgehead atoms. The number of rotatable bonds is 2. The molecule has 0 radical (unpaired) electrons. The van der Waals surface area contributed by atoms with Gasteiger partial charge in [0.2, 0.25) is 0 Å². The molecule has 2 aromatic rings. The molecule has 1 atom stereocenters. The molecule has 2 N–H and O–H groups in total.